The predicted molar refractivity (Wildman–Crippen MR) is 122 cm³/mol. The third kappa shape index (κ3) is 3.18. The van der Waals surface area contributed by atoms with Gasteiger partial charge in [0.15, 0.2) is 11.2 Å². The molecule has 1 aliphatic carbocycles. The van der Waals surface area contributed by atoms with Gasteiger partial charge in [-0.2, -0.15) is 0 Å². The minimum Gasteiger partial charge on any atom is -0.354 e. The zero-order valence-electron chi connectivity index (χ0n) is 16.1. The van der Waals surface area contributed by atoms with E-state index in [9.17, 15) is 9.59 Å². The number of hydrogen-bond donors (Lipinski definition) is 1. The fourth-order valence-corrected chi connectivity index (χ4v) is 3.74. The quantitative estimate of drug-likeness (QED) is 0.354. The van der Waals surface area contributed by atoms with Gasteiger partial charge in [-0.3, -0.25) is 9.59 Å². The van der Waals surface area contributed by atoms with Crippen LogP contribution in [0.25, 0.3) is 38.8 Å². The van der Waals surface area contributed by atoms with E-state index in [1.807, 2.05) is 91.0 Å². The van der Waals surface area contributed by atoms with Crippen molar-refractivity contribution in [2.45, 2.75) is 6.42 Å². The van der Waals surface area contributed by atoms with E-state index in [0.717, 1.165) is 44.0 Å². The van der Waals surface area contributed by atoms with Gasteiger partial charge in [-0.25, -0.2) is 4.98 Å². The van der Waals surface area contributed by atoms with E-state index in [1.54, 1.807) is 0 Å². The Kier molecular flexibility index (Phi) is 4.45. The molecule has 0 amide bonds. The van der Waals surface area contributed by atoms with Crippen LogP contribution in [0.3, 0.4) is 0 Å². The zero-order valence-corrected chi connectivity index (χ0v) is 16.1. The highest BCUT2D eigenvalue weighted by Gasteiger charge is 2.14. The van der Waals surface area contributed by atoms with Crippen LogP contribution < -0.4 is 5.43 Å². The Bertz CT molecular complexity index is 1460. The first kappa shape index (κ1) is 18.0. The number of nitrogens with zero attached hydrogens (tertiary/aromatic N) is 1. The van der Waals surface area contributed by atoms with Crippen molar-refractivity contribution in [3.8, 4) is 0 Å². The monoisotopic (exact) mass is 390 g/mol. The molecule has 144 valence electrons. The van der Waals surface area contributed by atoms with E-state index in [-0.39, 0.29) is 11.2 Å². The molecule has 30 heavy (non-hydrogen) atoms. The summed E-state index contributed by atoms with van der Waals surface area (Å²) in [5.41, 5.74) is 4.36. The van der Waals surface area contributed by atoms with Gasteiger partial charge in [-0.15, -0.1) is 0 Å². The van der Waals surface area contributed by atoms with Crippen LogP contribution in [0.2, 0.25) is 0 Å². The van der Waals surface area contributed by atoms with Crippen LogP contribution in [0.1, 0.15) is 22.5 Å². The van der Waals surface area contributed by atoms with Crippen LogP contribution >= 0.6 is 0 Å². The number of carbonyl (C=O) groups is 1. The van der Waals surface area contributed by atoms with E-state index < -0.39 is 0 Å². The smallest absolute Gasteiger partial charge is 0.197 e. The molecule has 0 unspecified atom stereocenters. The second-order valence-electron chi connectivity index (χ2n) is 7.19. The van der Waals surface area contributed by atoms with Gasteiger partial charge in [0, 0.05) is 39.2 Å². The van der Waals surface area contributed by atoms with Crippen molar-refractivity contribution in [3.63, 3.8) is 0 Å². The van der Waals surface area contributed by atoms with Gasteiger partial charge in [0.25, 0.3) is 0 Å². The average Bonchev–Trinajstić information content (AvgIpc) is 2.79. The van der Waals surface area contributed by atoms with Gasteiger partial charge >= 0.3 is 0 Å². The van der Waals surface area contributed by atoms with E-state index in [2.05, 4.69) is 9.97 Å². The van der Waals surface area contributed by atoms with Crippen molar-refractivity contribution >= 4 is 44.6 Å². The number of aromatic amines is 1. The lowest BCUT2D eigenvalue weighted by atomic mass is 9.99. The van der Waals surface area contributed by atoms with Crippen LogP contribution in [0.15, 0.2) is 89.7 Å². The summed E-state index contributed by atoms with van der Waals surface area (Å²) in [5, 5.41) is 2.52. The summed E-state index contributed by atoms with van der Waals surface area (Å²) >= 11 is 0. The number of fused-ring (bicyclic) bond motifs is 4. The summed E-state index contributed by atoms with van der Waals surface area (Å²) in [7, 11) is 0. The molecule has 0 bridgehead atoms. The Morgan fingerprint density at radius 1 is 0.767 bits per heavy atom. The highest BCUT2D eigenvalue weighted by atomic mass is 16.1. The highest BCUT2D eigenvalue weighted by Crippen LogP contribution is 2.22. The summed E-state index contributed by atoms with van der Waals surface area (Å²) in [4.78, 5) is 31.4. The molecule has 0 aliphatic heterocycles. The SMILES string of the molecule is O=C1CC=Cc2nc3ccccc3cc21.O=c1c2ccccc2[nH]c2ccccc12. The molecule has 4 nitrogen and oxygen atoms in total. The number of nitrogens with one attached hydrogen (secondary N) is 1. The van der Waals surface area contributed by atoms with Crippen molar-refractivity contribution < 1.29 is 4.79 Å². The minimum atomic E-state index is 0.0972. The number of Topliss-reactive ketones (excluding diaryl/α,β-unsaturated/α-hetero) is 1. The maximum absolute atomic E-state index is 12.1. The van der Waals surface area contributed by atoms with Crippen molar-refractivity contribution in [2.75, 3.05) is 0 Å². The number of pyridine rings is 2. The molecule has 0 radical (unpaired) electrons. The van der Waals surface area contributed by atoms with Crippen molar-refractivity contribution in [2.24, 2.45) is 0 Å². The van der Waals surface area contributed by atoms with Crippen LogP contribution in [-0.2, 0) is 0 Å². The van der Waals surface area contributed by atoms with Crippen LogP contribution in [0.5, 0.6) is 0 Å². The summed E-state index contributed by atoms with van der Waals surface area (Å²) in [6.45, 7) is 0. The topological polar surface area (TPSA) is 62.8 Å². The first-order chi connectivity index (χ1) is 14.7. The number of H-pyrrole nitrogens is 1. The summed E-state index contributed by atoms with van der Waals surface area (Å²) in [5.74, 6) is 0.158. The molecular weight excluding hydrogens is 372 g/mol. The maximum Gasteiger partial charge on any atom is 0.197 e. The predicted octanol–water partition coefficient (Wildman–Crippen LogP) is 5.52. The lowest BCUT2D eigenvalue weighted by Crippen LogP contribution is -2.06. The van der Waals surface area contributed by atoms with E-state index in [0.29, 0.717) is 6.42 Å². The molecule has 0 spiro atoms. The zero-order chi connectivity index (χ0) is 20.5. The molecule has 0 atom stereocenters. The Morgan fingerprint density at radius 2 is 1.40 bits per heavy atom. The van der Waals surface area contributed by atoms with Gasteiger partial charge < -0.3 is 4.98 Å². The van der Waals surface area contributed by atoms with Crippen LogP contribution in [0, 0.1) is 0 Å². The Balaban J connectivity index is 0.000000128. The highest BCUT2D eigenvalue weighted by molar-refractivity contribution is 6.04. The Morgan fingerprint density at radius 3 is 2.13 bits per heavy atom. The molecule has 2 aromatic heterocycles. The lowest BCUT2D eigenvalue weighted by Gasteiger charge is -2.09. The number of benzene rings is 3. The van der Waals surface area contributed by atoms with Crippen LogP contribution in [-0.4, -0.2) is 15.8 Å². The number of ketones is 1. The summed E-state index contributed by atoms with van der Waals surface area (Å²) in [6, 6.07) is 24.9. The fraction of sp³-hybridized carbons (Fsp3) is 0.0385. The number of allylic oxidation sites excluding steroid dienone is 1. The first-order valence-corrected chi connectivity index (χ1v) is 9.80. The molecular formula is C26H18N2O2. The van der Waals surface area contributed by atoms with E-state index >= 15 is 0 Å². The second-order valence-corrected chi connectivity index (χ2v) is 7.19. The number of carbonyl (C=O) groups excluding carboxylic acids is 1. The molecule has 0 saturated heterocycles. The number of hydrogen-bond acceptors (Lipinski definition) is 3. The van der Waals surface area contributed by atoms with Crippen molar-refractivity contribution in [1.29, 1.82) is 0 Å². The van der Waals surface area contributed by atoms with Gasteiger partial charge in [0.05, 0.1) is 11.2 Å². The minimum absolute atomic E-state index is 0.0972. The summed E-state index contributed by atoms with van der Waals surface area (Å²) < 4.78 is 0. The Labute approximate surface area is 172 Å². The van der Waals surface area contributed by atoms with Crippen molar-refractivity contribution in [1.82, 2.24) is 9.97 Å². The maximum atomic E-state index is 12.1. The first-order valence-electron chi connectivity index (χ1n) is 9.80. The number of para-hydroxylation sites is 3. The molecule has 0 saturated carbocycles. The standard InChI is InChI=1S/2C13H9NO/c15-13-9-5-1-3-7-11(9)14-12-8-4-2-6-10(12)13;15-13-7-3-6-12-10(13)8-9-4-1-2-5-11(9)14-12/h1-8H,(H,14,15);1-6,8H,7H2. The molecule has 3 aromatic carbocycles. The van der Waals surface area contributed by atoms with Crippen molar-refractivity contribution in [3.05, 3.63) is 106 Å². The molecule has 4 heteroatoms. The Hall–Kier alpha value is -4.05. The van der Waals surface area contributed by atoms with E-state index in [4.69, 9.17) is 0 Å². The average molecular weight is 390 g/mol. The molecule has 1 aliphatic rings. The van der Waals surface area contributed by atoms with E-state index in [1.165, 1.54) is 0 Å². The molecule has 1 N–H and O–H groups in total. The normalized spacial score (nSPS) is 12.6. The lowest BCUT2D eigenvalue weighted by molar-refractivity contribution is 0.0994. The van der Waals surface area contributed by atoms with Gasteiger partial charge in [-0.05, 0) is 42.5 Å². The van der Waals surface area contributed by atoms with Gasteiger partial charge in [-0.1, -0.05) is 48.5 Å². The molecule has 6 rings (SSSR count). The number of aromatic nitrogens is 2. The number of rotatable bonds is 0. The molecule has 2 heterocycles. The second kappa shape index (κ2) is 7.41. The summed E-state index contributed by atoms with van der Waals surface area (Å²) in [6.07, 6.45) is 4.28. The molecule has 0 fully saturated rings. The van der Waals surface area contributed by atoms with Gasteiger partial charge in [0.2, 0.25) is 0 Å². The van der Waals surface area contributed by atoms with Gasteiger partial charge in [0.1, 0.15) is 0 Å². The largest absolute Gasteiger partial charge is 0.354 e. The molecule has 5 aromatic rings. The third-order valence-corrected chi connectivity index (χ3v) is 5.25. The third-order valence-electron chi connectivity index (χ3n) is 5.25. The fourth-order valence-electron chi connectivity index (χ4n) is 3.74. The van der Waals surface area contributed by atoms with Crippen LogP contribution in [0.4, 0.5) is 0 Å².